The highest BCUT2D eigenvalue weighted by atomic mass is 79.9. The van der Waals surface area contributed by atoms with Crippen LogP contribution in [0.25, 0.3) is 0 Å². The van der Waals surface area contributed by atoms with E-state index in [0.717, 1.165) is 36.9 Å². The number of rotatable bonds is 11. The summed E-state index contributed by atoms with van der Waals surface area (Å²) in [6.07, 6.45) is 0.350. The van der Waals surface area contributed by atoms with Gasteiger partial charge in [0.15, 0.2) is 11.5 Å². The van der Waals surface area contributed by atoms with E-state index >= 15 is 0 Å². The van der Waals surface area contributed by atoms with Gasteiger partial charge in [-0.25, -0.2) is 0 Å². The van der Waals surface area contributed by atoms with Gasteiger partial charge in [-0.2, -0.15) is 0 Å². The fourth-order valence-electron chi connectivity index (χ4n) is 3.90. The molecule has 1 atom stereocenters. The molecule has 0 aromatic heterocycles. The summed E-state index contributed by atoms with van der Waals surface area (Å²) in [4.78, 5) is 0. The molecule has 0 spiro atoms. The summed E-state index contributed by atoms with van der Waals surface area (Å²) in [5.74, 6) is 2.12. The van der Waals surface area contributed by atoms with Crippen molar-refractivity contribution >= 4 is 43.5 Å². The molecule has 0 amide bonds. The number of halogens is 3. The van der Waals surface area contributed by atoms with Crippen LogP contribution in [0.2, 0.25) is 5.02 Å². The molecular weight excluding hydrogens is 620 g/mol. The number of benzene rings is 4. The molecule has 0 aliphatic heterocycles. The molecule has 4 rings (SSSR count). The standard InChI is InChI=1S/C30H27Br2ClO4/c1-34-27-14-5-21(16-30(27)35-2)15-28(22-7-12-26(33)13-8-22)37-29-17-25(32)11-6-23(29)19-36-18-20-3-9-24(31)10-4-20/h3-14,16-17,28H,15,18-19H2,1-2H3. The Morgan fingerprint density at radius 3 is 2.05 bits per heavy atom. The number of hydrogen-bond acceptors (Lipinski definition) is 4. The SMILES string of the molecule is COc1ccc(CC(Oc2cc(Br)ccc2COCc2ccc(Br)cc2)c2ccc(Cl)cc2)cc1OC. The maximum Gasteiger partial charge on any atom is 0.160 e. The third-order valence-corrected chi connectivity index (χ3v) is 7.12. The van der Waals surface area contributed by atoms with Crippen LogP contribution in [0.4, 0.5) is 0 Å². The van der Waals surface area contributed by atoms with Crippen molar-refractivity contribution in [1.29, 1.82) is 0 Å². The lowest BCUT2D eigenvalue weighted by Crippen LogP contribution is -2.12. The molecule has 0 radical (unpaired) electrons. The van der Waals surface area contributed by atoms with Gasteiger partial charge in [-0.15, -0.1) is 0 Å². The zero-order valence-corrected chi connectivity index (χ0v) is 24.5. The van der Waals surface area contributed by atoms with Gasteiger partial charge in [0.05, 0.1) is 27.4 Å². The number of hydrogen-bond donors (Lipinski definition) is 0. The summed E-state index contributed by atoms with van der Waals surface area (Å²) in [7, 11) is 3.27. The van der Waals surface area contributed by atoms with E-state index in [-0.39, 0.29) is 6.10 Å². The molecule has 7 heteroatoms. The van der Waals surface area contributed by atoms with Crippen molar-refractivity contribution in [2.75, 3.05) is 14.2 Å². The summed E-state index contributed by atoms with van der Waals surface area (Å²) in [5, 5.41) is 0.679. The maximum atomic E-state index is 6.67. The van der Waals surface area contributed by atoms with Crippen LogP contribution in [0.5, 0.6) is 17.2 Å². The Balaban J connectivity index is 1.57. The Labute approximate surface area is 239 Å². The van der Waals surface area contributed by atoms with Crippen molar-refractivity contribution < 1.29 is 18.9 Å². The highest BCUT2D eigenvalue weighted by Gasteiger charge is 2.18. The first-order chi connectivity index (χ1) is 17.9. The van der Waals surface area contributed by atoms with E-state index < -0.39 is 0 Å². The molecule has 4 aromatic carbocycles. The van der Waals surface area contributed by atoms with Gasteiger partial charge in [0.2, 0.25) is 0 Å². The van der Waals surface area contributed by atoms with Gasteiger partial charge in [-0.05, 0) is 65.2 Å². The Morgan fingerprint density at radius 1 is 0.676 bits per heavy atom. The minimum atomic E-state index is -0.269. The minimum Gasteiger partial charge on any atom is -0.493 e. The van der Waals surface area contributed by atoms with Gasteiger partial charge in [-0.3, -0.25) is 0 Å². The van der Waals surface area contributed by atoms with E-state index in [9.17, 15) is 0 Å². The first-order valence-electron chi connectivity index (χ1n) is 11.7. The van der Waals surface area contributed by atoms with Crippen molar-refractivity contribution in [3.63, 3.8) is 0 Å². The zero-order valence-electron chi connectivity index (χ0n) is 20.5. The number of methoxy groups -OCH3 is 2. The first kappa shape index (κ1) is 27.5. The van der Waals surface area contributed by atoms with Crippen molar-refractivity contribution in [1.82, 2.24) is 0 Å². The van der Waals surface area contributed by atoms with Crippen LogP contribution in [-0.2, 0) is 24.4 Å². The lowest BCUT2D eigenvalue weighted by Gasteiger charge is -2.23. The molecule has 4 nitrogen and oxygen atoms in total. The van der Waals surface area contributed by atoms with E-state index in [1.807, 2.05) is 84.9 Å². The molecule has 0 bridgehead atoms. The lowest BCUT2D eigenvalue weighted by molar-refractivity contribution is 0.102. The van der Waals surface area contributed by atoms with Crippen LogP contribution in [0.3, 0.4) is 0 Å². The number of ether oxygens (including phenoxy) is 4. The minimum absolute atomic E-state index is 0.269. The molecule has 0 aliphatic rings. The third-order valence-electron chi connectivity index (χ3n) is 5.85. The fraction of sp³-hybridized carbons (Fsp3) is 0.200. The van der Waals surface area contributed by atoms with Crippen molar-refractivity contribution in [3.8, 4) is 17.2 Å². The van der Waals surface area contributed by atoms with E-state index in [1.165, 1.54) is 0 Å². The smallest absolute Gasteiger partial charge is 0.160 e. The Hall–Kier alpha value is -2.51. The van der Waals surface area contributed by atoms with E-state index in [1.54, 1.807) is 14.2 Å². The molecule has 4 aromatic rings. The molecule has 0 heterocycles. The van der Waals surface area contributed by atoms with Gasteiger partial charge in [0.1, 0.15) is 11.9 Å². The Kier molecular flexibility index (Phi) is 9.92. The van der Waals surface area contributed by atoms with Gasteiger partial charge >= 0.3 is 0 Å². The van der Waals surface area contributed by atoms with Crippen molar-refractivity contribution in [3.05, 3.63) is 121 Å². The summed E-state index contributed by atoms with van der Waals surface area (Å²) in [6.45, 7) is 0.928. The lowest BCUT2D eigenvalue weighted by atomic mass is 10.0. The third kappa shape index (κ3) is 7.74. The van der Waals surface area contributed by atoms with Crippen LogP contribution < -0.4 is 14.2 Å². The van der Waals surface area contributed by atoms with E-state index in [4.69, 9.17) is 30.5 Å². The highest BCUT2D eigenvalue weighted by Crippen LogP contribution is 2.34. The topological polar surface area (TPSA) is 36.9 Å². The molecule has 0 N–H and O–H groups in total. The molecule has 0 saturated carbocycles. The molecule has 0 saturated heterocycles. The van der Waals surface area contributed by atoms with E-state index in [2.05, 4.69) is 31.9 Å². The molecule has 37 heavy (non-hydrogen) atoms. The van der Waals surface area contributed by atoms with Gasteiger partial charge in [0.25, 0.3) is 0 Å². The van der Waals surface area contributed by atoms with E-state index in [0.29, 0.717) is 36.2 Å². The first-order valence-corrected chi connectivity index (χ1v) is 13.6. The predicted molar refractivity (Wildman–Crippen MR) is 155 cm³/mol. The average molecular weight is 647 g/mol. The van der Waals surface area contributed by atoms with Crippen LogP contribution in [0, 0.1) is 0 Å². The quantitative estimate of drug-likeness (QED) is 0.163. The van der Waals surface area contributed by atoms with Gasteiger partial charge in [0, 0.05) is 26.0 Å². The van der Waals surface area contributed by atoms with Gasteiger partial charge < -0.3 is 18.9 Å². The largest absolute Gasteiger partial charge is 0.493 e. The summed E-state index contributed by atoms with van der Waals surface area (Å²) >= 11 is 13.2. The monoisotopic (exact) mass is 644 g/mol. The summed E-state index contributed by atoms with van der Waals surface area (Å²) in [6, 6.07) is 27.8. The molecule has 192 valence electrons. The second kappa shape index (κ2) is 13.3. The average Bonchev–Trinajstić information content (AvgIpc) is 2.91. The second-order valence-corrected chi connectivity index (χ2v) is 10.7. The molecule has 0 aliphatic carbocycles. The van der Waals surface area contributed by atoms with Gasteiger partial charge in [-0.1, -0.05) is 79.9 Å². The fourth-order valence-corrected chi connectivity index (χ4v) is 4.63. The maximum absolute atomic E-state index is 6.67. The predicted octanol–water partition coefficient (Wildman–Crippen LogP) is 8.96. The van der Waals surface area contributed by atoms with Crippen molar-refractivity contribution in [2.45, 2.75) is 25.7 Å². The summed E-state index contributed by atoms with van der Waals surface area (Å²) < 4.78 is 25.6. The molecule has 0 fully saturated rings. The zero-order chi connectivity index (χ0) is 26.2. The second-order valence-electron chi connectivity index (χ2n) is 8.42. The molecular formula is C30H27Br2ClO4. The van der Waals surface area contributed by atoms with Crippen molar-refractivity contribution in [2.24, 2.45) is 0 Å². The Bertz CT molecular complexity index is 1310. The highest BCUT2D eigenvalue weighted by molar-refractivity contribution is 9.10. The normalized spacial score (nSPS) is 11.7. The van der Waals surface area contributed by atoms with Crippen LogP contribution in [0.15, 0.2) is 93.9 Å². The van der Waals surface area contributed by atoms with Crippen LogP contribution in [0.1, 0.15) is 28.4 Å². The Morgan fingerprint density at radius 2 is 1.35 bits per heavy atom. The summed E-state index contributed by atoms with van der Waals surface area (Å²) in [5.41, 5.74) is 4.14. The van der Waals surface area contributed by atoms with Crippen LogP contribution >= 0.6 is 43.5 Å². The molecule has 1 unspecified atom stereocenters. The van der Waals surface area contributed by atoms with Crippen LogP contribution in [-0.4, -0.2) is 14.2 Å².